The molecule has 2 aromatic rings. The van der Waals surface area contributed by atoms with Crippen molar-refractivity contribution in [1.82, 2.24) is 15.2 Å². The molecule has 1 aromatic carbocycles. The average Bonchev–Trinajstić information content (AvgIpc) is 2.83. The highest BCUT2D eigenvalue weighted by Crippen LogP contribution is 2.19. The predicted octanol–water partition coefficient (Wildman–Crippen LogP) is 2.74. The Bertz CT molecular complexity index is 526. The zero-order valence-corrected chi connectivity index (χ0v) is 11.7. The zero-order chi connectivity index (χ0) is 13.1. The lowest BCUT2D eigenvalue weighted by molar-refractivity contribution is 0.257. The predicted molar refractivity (Wildman–Crippen MR) is 80.3 cm³/mol. The van der Waals surface area contributed by atoms with Crippen molar-refractivity contribution in [2.24, 2.45) is 0 Å². The van der Waals surface area contributed by atoms with Gasteiger partial charge in [0.15, 0.2) is 0 Å². The fourth-order valence-electron chi connectivity index (χ4n) is 3.07. The van der Waals surface area contributed by atoms with Crippen molar-refractivity contribution in [3.8, 4) is 0 Å². The van der Waals surface area contributed by atoms with Gasteiger partial charge in [0.05, 0.1) is 0 Å². The molecule has 0 aliphatic carbocycles. The number of benzene rings is 1. The van der Waals surface area contributed by atoms with Crippen molar-refractivity contribution in [2.75, 3.05) is 20.1 Å². The van der Waals surface area contributed by atoms with E-state index in [-0.39, 0.29) is 0 Å². The highest BCUT2D eigenvalue weighted by atomic mass is 15.1. The molecule has 0 spiro atoms. The molecule has 0 saturated carbocycles. The molecule has 3 rings (SSSR count). The number of fused-ring (bicyclic) bond motifs is 1. The summed E-state index contributed by atoms with van der Waals surface area (Å²) in [5.74, 6) is 0. The number of nitrogens with zero attached hydrogens (tertiary/aromatic N) is 1. The second kappa shape index (κ2) is 5.76. The monoisotopic (exact) mass is 257 g/mol. The van der Waals surface area contributed by atoms with E-state index in [1.165, 1.54) is 42.3 Å². The fraction of sp³-hybridized carbons (Fsp3) is 0.500. The van der Waals surface area contributed by atoms with Gasteiger partial charge in [0, 0.05) is 36.2 Å². The number of H-pyrrole nitrogens is 1. The smallest absolute Gasteiger partial charge is 0.0457 e. The molecule has 1 unspecified atom stereocenters. The normalized spacial score (nSPS) is 20.2. The molecule has 2 N–H and O–H groups in total. The van der Waals surface area contributed by atoms with Gasteiger partial charge in [-0.2, -0.15) is 0 Å². The van der Waals surface area contributed by atoms with Crippen LogP contribution in [0.1, 0.15) is 24.8 Å². The lowest BCUT2D eigenvalue weighted by atomic mass is 10.0. The number of aromatic amines is 1. The van der Waals surface area contributed by atoms with Crippen molar-refractivity contribution >= 4 is 10.9 Å². The van der Waals surface area contributed by atoms with Crippen LogP contribution < -0.4 is 5.32 Å². The Morgan fingerprint density at radius 1 is 1.26 bits per heavy atom. The lowest BCUT2D eigenvalue weighted by Gasteiger charge is -2.28. The number of hydrogen-bond acceptors (Lipinski definition) is 2. The van der Waals surface area contributed by atoms with Crippen molar-refractivity contribution in [3.05, 3.63) is 36.0 Å². The Morgan fingerprint density at radius 2 is 2.16 bits per heavy atom. The second-order valence-corrected chi connectivity index (χ2v) is 5.70. The summed E-state index contributed by atoms with van der Waals surface area (Å²) in [7, 11) is 2.22. The number of piperidine rings is 1. The molecule has 1 aromatic heterocycles. The SMILES string of the molecule is CN(Cc1c[nH]c2ccccc12)CC1CCCCN1. The number of para-hydroxylation sites is 1. The van der Waals surface area contributed by atoms with Crippen LogP contribution in [0.15, 0.2) is 30.5 Å². The minimum absolute atomic E-state index is 0.670. The van der Waals surface area contributed by atoms with Gasteiger partial charge in [-0.1, -0.05) is 24.6 Å². The first-order chi connectivity index (χ1) is 9.33. The van der Waals surface area contributed by atoms with E-state index in [1.54, 1.807) is 0 Å². The zero-order valence-electron chi connectivity index (χ0n) is 11.7. The minimum atomic E-state index is 0.670. The minimum Gasteiger partial charge on any atom is -0.361 e. The molecule has 1 fully saturated rings. The standard InChI is InChI=1S/C16H23N3/c1-19(12-14-6-4-5-9-17-14)11-13-10-18-16-8-3-2-7-15(13)16/h2-3,7-8,10,14,17-18H,4-6,9,11-12H2,1H3. The molecule has 0 radical (unpaired) electrons. The Labute approximate surface area is 115 Å². The molecule has 2 heterocycles. The summed E-state index contributed by atoms with van der Waals surface area (Å²) in [5.41, 5.74) is 2.63. The molecule has 1 aliphatic heterocycles. The maximum atomic E-state index is 3.62. The van der Waals surface area contributed by atoms with E-state index in [0.29, 0.717) is 6.04 Å². The summed E-state index contributed by atoms with van der Waals surface area (Å²) in [6, 6.07) is 9.21. The maximum absolute atomic E-state index is 3.62. The molecule has 1 aliphatic rings. The topological polar surface area (TPSA) is 31.1 Å². The van der Waals surface area contributed by atoms with E-state index in [4.69, 9.17) is 0 Å². The summed E-state index contributed by atoms with van der Waals surface area (Å²) in [5, 5.41) is 4.97. The van der Waals surface area contributed by atoms with E-state index in [9.17, 15) is 0 Å². The third-order valence-electron chi connectivity index (χ3n) is 4.06. The summed E-state index contributed by atoms with van der Waals surface area (Å²) in [6.45, 7) is 3.34. The van der Waals surface area contributed by atoms with Gasteiger partial charge >= 0.3 is 0 Å². The molecule has 1 atom stereocenters. The number of likely N-dealkylation sites (N-methyl/N-ethyl adjacent to an activating group) is 1. The molecule has 0 bridgehead atoms. The van der Waals surface area contributed by atoms with Crippen LogP contribution in [-0.2, 0) is 6.54 Å². The first kappa shape index (κ1) is 12.7. The average molecular weight is 257 g/mol. The molecule has 3 nitrogen and oxygen atoms in total. The quantitative estimate of drug-likeness (QED) is 0.882. The Kier molecular flexibility index (Phi) is 3.85. The van der Waals surface area contributed by atoms with Gasteiger partial charge in [-0.3, -0.25) is 0 Å². The van der Waals surface area contributed by atoms with Crippen molar-refractivity contribution in [1.29, 1.82) is 0 Å². The van der Waals surface area contributed by atoms with Gasteiger partial charge in [-0.15, -0.1) is 0 Å². The number of aromatic nitrogens is 1. The number of nitrogens with one attached hydrogen (secondary N) is 2. The Balaban J connectivity index is 1.63. The largest absolute Gasteiger partial charge is 0.361 e. The summed E-state index contributed by atoms with van der Waals surface area (Å²) in [4.78, 5) is 5.78. The van der Waals surface area contributed by atoms with Crippen LogP contribution in [0.2, 0.25) is 0 Å². The Hall–Kier alpha value is -1.32. The van der Waals surface area contributed by atoms with Gasteiger partial charge in [-0.05, 0) is 38.1 Å². The molecule has 1 saturated heterocycles. The van der Waals surface area contributed by atoms with E-state index < -0.39 is 0 Å². The molecule has 102 valence electrons. The first-order valence-corrected chi connectivity index (χ1v) is 7.30. The van der Waals surface area contributed by atoms with Gasteiger partial charge in [0.2, 0.25) is 0 Å². The number of rotatable bonds is 4. The van der Waals surface area contributed by atoms with Gasteiger partial charge < -0.3 is 15.2 Å². The van der Waals surface area contributed by atoms with Crippen molar-refractivity contribution in [3.63, 3.8) is 0 Å². The lowest BCUT2D eigenvalue weighted by Crippen LogP contribution is -2.42. The Morgan fingerprint density at radius 3 is 3.00 bits per heavy atom. The summed E-state index contributed by atoms with van der Waals surface area (Å²) in [6.07, 6.45) is 6.18. The molecule has 0 amide bonds. The van der Waals surface area contributed by atoms with E-state index in [0.717, 1.165) is 13.1 Å². The molecule has 19 heavy (non-hydrogen) atoms. The van der Waals surface area contributed by atoms with E-state index in [2.05, 4.69) is 52.7 Å². The van der Waals surface area contributed by atoms with Crippen LogP contribution in [-0.4, -0.2) is 36.1 Å². The van der Waals surface area contributed by atoms with Crippen LogP contribution in [0, 0.1) is 0 Å². The van der Waals surface area contributed by atoms with Gasteiger partial charge in [-0.25, -0.2) is 0 Å². The molecular formula is C16H23N3. The molecule has 3 heteroatoms. The van der Waals surface area contributed by atoms with Gasteiger partial charge in [0.1, 0.15) is 0 Å². The van der Waals surface area contributed by atoms with E-state index >= 15 is 0 Å². The number of hydrogen-bond donors (Lipinski definition) is 2. The summed E-state index contributed by atoms with van der Waals surface area (Å²) < 4.78 is 0. The summed E-state index contributed by atoms with van der Waals surface area (Å²) >= 11 is 0. The van der Waals surface area contributed by atoms with Crippen LogP contribution in [0.3, 0.4) is 0 Å². The van der Waals surface area contributed by atoms with Crippen LogP contribution in [0.4, 0.5) is 0 Å². The third kappa shape index (κ3) is 2.99. The van der Waals surface area contributed by atoms with Crippen LogP contribution in [0.5, 0.6) is 0 Å². The highest BCUT2D eigenvalue weighted by Gasteiger charge is 2.15. The van der Waals surface area contributed by atoms with Gasteiger partial charge in [0.25, 0.3) is 0 Å². The van der Waals surface area contributed by atoms with Crippen LogP contribution >= 0.6 is 0 Å². The molecular weight excluding hydrogens is 234 g/mol. The van der Waals surface area contributed by atoms with Crippen molar-refractivity contribution in [2.45, 2.75) is 31.8 Å². The fourth-order valence-corrected chi connectivity index (χ4v) is 3.07. The second-order valence-electron chi connectivity index (χ2n) is 5.70. The van der Waals surface area contributed by atoms with Crippen LogP contribution in [0.25, 0.3) is 10.9 Å². The van der Waals surface area contributed by atoms with E-state index in [1.807, 2.05) is 0 Å². The highest BCUT2D eigenvalue weighted by molar-refractivity contribution is 5.82. The first-order valence-electron chi connectivity index (χ1n) is 7.30. The van der Waals surface area contributed by atoms with Crippen molar-refractivity contribution < 1.29 is 0 Å². The maximum Gasteiger partial charge on any atom is 0.0457 e. The third-order valence-corrected chi connectivity index (χ3v) is 4.06.